The van der Waals surface area contributed by atoms with E-state index in [9.17, 15) is 29.1 Å². The maximum atomic E-state index is 13.1. The highest BCUT2D eigenvalue weighted by Gasteiger charge is 2.41. The summed E-state index contributed by atoms with van der Waals surface area (Å²) in [7, 11) is 2.74. The van der Waals surface area contributed by atoms with Gasteiger partial charge in [0.1, 0.15) is 11.5 Å². The van der Waals surface area contributed by atoms with Crippen LogP contribution in [0.15, 0.2) is 72.8 Å². The molecule has 0 spiro atoms. The first kappa shape index (κ1) is 29.2. The van der Waals surface area contributed by atoms with E-state index >= 15 is 0 Å². The molecule has 0 unspecified atom stereocenters. The number of ether oxygens (including phenoxy) is 4. The number of carbonyl (C=O) groups excluding carboxylic acids is 4. The molecule has 0 aliphatic carbocycles. The molecule has 0 heterocycles. The molecule has 12 heteroatoms. The Morgan fingerprint density at radius 3 is 1.65 bits per heavy atom. The van der Waals surface area contributed by atoms with Gasteiger partial charge in [0.15, 0.2) is 0 Å². The van der Waals surface area contributed by atoms with Gasteiger partial charge in [-0.1, -0.05) is 29.8 Å². The van der Waals surface area contributed by atoms with Crippen molar-refractivity contribution in [3.8, 4) is 11.5 Å². The minimum atomic E-state index is -2.30. The fourth-order valence-electron chi connectivity index (χ4n) is 3.33. The van der Waals surface area contributed by atoms with Crippen molar-refractivity contribution in [2.24, 2.45) is 0 Å². The molecule has 3 rings (SSSR count). The third-order valence-corrected chi connectivity index (χ3v) is 5.47. The molecule has 0 fully saturated rings. The highest BCUT2D eigenvalue weighted by Crippen LogP contribution is 2.18. The summed E-state index contributed by atoms with van der Waals surface area (Å²) in [5, 5.41) is 9.86. The van der Waals surface area contributed by atoms with E-state index in [1.807, 2.05) is 12.3 Å². The first-order valence-electron chi connectivity index (χ1n) is 11.7. The Balaban J connectivity index is 1.87. The van der Waals surface area contributed by atoms with Gasteiger partial charge in [-0.05, 0) is 55.5 Å². The third-order valence-electron chi connectivity index (χ3n) is 5.47. The SMILES string of the molecule is COc1cccc(C(=O)O[C@H](C(=O)NNC(=O)c2ccc(C)cc2)[C@@H](OC(=O)c2cccc(OC)c2)C(=O)O)c1. The van der Waals surface area contributed by atoms with Gasteiger partial charge in [0.25, 0.3) is 11.8 Å². The number of hydrazine groups is 1. The molecular formula is C28H26N2O10. The summed E-state index contributed by atoms with van der Waals surface area (Å²) >= 11 is 0. The van der Waals surface area contributed by atoms with Gasteiger partial charge < -0.3 is 24.1 Å². The maximum absolute atomic E-state index is 13.1. The number of methoxy groups -OCH3 is 2. The van der Waals surface area contributed by atoms with E-state index in [2.05, 4.69) is 5.43 Å². The molecule has 3 aromatic carbocycles. The fourth-order valence-corrected chi connectivity index (χ4v) is 3.33. The molecule has 3 N–H and O–H groups in total. The minimum absolute atomic E-state index is 0.0795. The molecule has 2 amide bonds. The van der Waals surface area contributed by atoms with E-state index in [1.165, 1.54) is 62.8 Å². The number of carbonyl (C=O) groups is 5. The Morgan fingerprint density at radius 1 is 0.675 bits per heavy atom. The van der Waals surface area contributed by atoms with Crippen LogP contribution in [0, 0.1) is 6.92 Å². The average molecular weight is 551 g/mol. The summed E-state index contributed by atoms with van der Waals surface area (Å²) < 4.78 is 20.4. The van der Waals surface area contributed by atoms with Crippen LogP contribution in [0.5, 0.6) is 11.5 Å². The van der Waals surface area contributed by atoms with Gasteiger partial charge in [0.05, 0.1) is 25.3 Å². The van der Waals surface area contributed by atoms with Crippen LogP contribution in [0.4, 0.5) is 0 Å². The molecule has 0 saturated heterocycles. The van der Waals surface area contributed by atoms with Crippen LogP contribution in [-0.2, 0) is 19.1 Å². The zero-order chi connectivity index (χ0) is 29.2. The number of benzene rings is 3. The van der Waals surface area contributed by atoms with Crippen molar-refractivity contribution < 1.29 is 48.0 Å². The number of aryl methyl sites for hydroxylation is 1. The number of hydrogen-bond donors (Lipinski definition) is 3. The van der Waals surface area contributed by atoms with Crippen LogP contribution in [0.2, 0.25) is 0 Å². The third kappa shape index (κ3) is 7.57. The van der Waals surface area contributed by atoms with E-state index in [0.717, 1.165) is 5.56 Å². The fraction of sp³-hybridized carbons (Fsp3) is 0.179. The lowest BCUT2D eigenvalue weighted by Crippen LogP contribution is -2.54. The largest absolute Gasteiger partial charge is 0.497 e. The molecule has 0 aliphatic rings. The summed E-state index contributed by atoms with van der Waals surface area (Å²) in [6.45, 7) is 1.82. The number of rotatable bonds is 10. The summed E-state index contributed by atoms with van der Waals surface area (Å²) in [4.78, 5) is 63.4. The van der Waals surface area contributed by atoms with Crippen LogP contribution in [0.3, 0.4) is 0 Å². The normalized spacial score (nSPS) is 11.8. The molecule has 0 saturated carbocycles. The van der Waals surface area contributed by atoms with E-state index in [1.54, 1.807) is 24.3 Å². The summed E-state index contributed by atoms with van der Waals surface area (Å²) in [5.41, 5.74) is 5.07. The smallest absolute Gasteiger partial charge is 0.349 e. The van der Waals surface area contributed by atoms with Crippen LogP contribution < -0.4 is 20.3 Å². The van der Waals surface area contributed by atoms with Crippen molar-refractivity contribution in [3.63, 3.8) is 0 Å². The summed E-state index contributed by atoms with van der Waals surface area (Å²) in [6.07, 6.45) is -4.52. The van der Waals surface area contributed by atoms with Gasteiger partial charge in [-0.3, -0.25) is 20.4 Å². The van der Waals surface area contributed by atoms with Crippen molar-refractivity contribution in [3.05, 3.63) is 95.1 Å². The van der Waals surface area contributed by atoms with Crippen LogP contribution in [-0.4, -0.2) is 61.3 Å². The first-order chi connectivity index (χ1) is 19.1. The average Bonchev–Trinajstić information content (AvgIpc) is 2.97. The number of hydrogen-bond acceptors (Lipinski definition) is 9. The van der Waals surface area contributed by atoms with Crippen molar-refractivity contribution in [2.45, 2.75) is 19.1 Å². The quantitative estimate of drug-likeness (QED) is 0.252. The lowest BCUT2D eigenvalue weighted by Gasteiger charge is -2.23. The Kier molecular flexibility index (Phi) is 9.79. The molecule has 12 nitrogen and oxygen atoms in total. The van der Waals surface area contributed by atoms with E-state index < -0.39 is 41.9 Å². The second-order valence-electron chi connectivity index (χ2n) is 8.26. The van der Waals surface area contributed by atoms with Gasteiger partial charge in [-0.15, -0.1) is 0 Å². The molecular weight excluding hydrogens is 524 g/mol. The molecule has 40 heavy (non-hydrogen) atoms. The number of nitrogens with one attached hydrogen (secondary N) is 2. The molecule has 0 aromatic heterocycles. The number of esters is 2. The highest BCUT2D eigenvalue weighted by atomic mass is 16.6. The van der Waals surface area contributed by atoms with Crippen LogP contribution >= 0.6 is 0 Å². The standard InChI is InChI=1S/C28H26N2O10/c1-16-10-12-17(13-11-16)24(31)29-30-25(32)22(39-27(35)18-6-4-8-20(14-18)37-2)23(26(33)34)40-28(36)19-7-5-9-21(15-19)38-3/h4-15,22-23H,1-3H3,(H,29,31)(H,30,32)(H,33,34)/t22-,23+/m0/s1. The van der Waals surface area contributed by atoms with E-state index in [0.29, 0.717) is 11.5 Å². The predicted molar refractivity (Wildman–Crippen MR) is 139 cm³/mol. The van der Waals surface area contributed by atoms with Gasteiger partial charge in [-0.25, -0.2) is 14.4 Å². The van der Waals surface area contributed by atoms with Crippen molar-refractivity contribution in [1.29, 1.82) is 0 Å². The molecule has 0 radical (unpaired) electrons. The Morgan fingerprint density at radius 2 is 1.18 bits per heavy atom. The monoisotopic (exact) mass is 550 g/mol. The van der Waals surface area contributed by atoms with Crippen molar-refractivity contribution >= 4 is 29.7 Å². The van der Waals surface area contributed by atoms with Crippen molar-refractivity contribution in [1.82, 2.24) is 10.9 Å². The van der Waals surface area contributed by atoms with Crippen LogP contribution in [0.1, 0.15) is 36.6 Å². The highest BCUT2D eigenvalue weighted by molar-refractivity contribution is 5.99. The zero-order valence-electron chi connectivity index (χ0n) is 21.7. The van der Waals surface area contributed by atoms with Gasteiger partial charge in [-0.2, -0.15) is 0 Å². The number of amides is 2. The molecule has 2 atom stereocenters. The summed E-state index contributed by atoms with van der Waals surface area (Å²) in [5.74, 6) is -5.47. The summed E-state index contributed by atoms with van der Waals surface area (Å²) in [6, 6.07) is 17.7. The molecule has 0 bridgehead atoms. The van der Waals surface area contributed by atoms with E-state index in [4.69, 9.17) is 18.9 Å². The van der Waals surface area contributed by atoms with Gasteiger partial charge in [0.2, 0.25) is 12.2 Å². The molecule has 0 aliphatic heterocycles. The van der Waals surface area contributed by atoms with Crippen molar-refractivity contribution in [2.75, 3.05) is 14.2 Å². The Hall–Kier alpha value is -5.39. The topological polar surface area (TPSA) is 167 Å². The second kappa shape index (κ2) is 13.4. The van der Waals surface area contributed by atoms with Gasteiger partial charge in [0, 0.05) is 5.56 Å². The number of carboxylic acids is 1. The molecule has 208 valence electrons. The van der Waals surface area contributed by atoms with E-state index in [-0.39, 0.29) is 16.7 Å². The first-order valence-corrected chi connectivity index (χ1v) is 11.7. The maximum Gasteiger partial charge on any atom is 0.349 e. The molecule has 3 aromatic rings. The van der Waals surface area contributed by atoms with Crippen LogP contribution in [0.25, 0.3) is 0 Å². The second-order valence-corrected chi connectivity index (χ2v) is 8.26. The Labute approximate surface area is 228 Å². The van der Waals surface area contributed by atoms with Gasteiger partial charge >= 0.3 is 17.9 Å². The lowest BCUT2D eigenvalue weighted by atomic mass is 10.1. The minimum Gasteiger partial charge on any atom is -0.497 e. The zero-order valence-corrected chi connectivity index (χ0v) is 21.7. The lowest BCUT2D eigenvalue weighted by molar-refractivity contribution is -0.159. The number of carboxylic acid groups (broad SMARTS) is 1. The Bertz CT molecular complexity index is 1400. The number of aliphatic carboxylic acids is 1. The predicted octanol–water partition coefficient (Wildman–Crippen LogP) is 2.31.